The molecule has 0 aromatic carbocycles. The normalized spacial score (nSPS) is 10.1. The van der Waals surface area contributed by atoms with Gasteiger partial charge in [-0.3, -0.25) is 0 Å². The molecule has 9 nitrogen and oxygen atoms in total. The van der Waals surface area contributed by atoms with Gasteiger partial charge in [-0.05, 0) is 20.8 Å². The lowest BCUT2D eigenvalue weighted by atomic mass is 10.3. The van der Waals surface area contributed by atoms with E-state index in [-0.39, 0.29) is 16.7 Å². The second kappa shape index (κ2) is 14.1. The first-order chi connectivity index (χ1) is 10.7. The van der Waals surface area contributed by atoms with E-state index < -0.39 is 36.9 Å². The van der Waals surface area contributed by atoms with Crippen LogP contribution in [0.15, 0.2) is 36.5 Å². The highest BCUT2D eigenvalue weighted by atomic mass is 16.6. The van der Waals surface area contributed by atoms with Gasteiger partial charge in [-0.1, -0.05) is 19.7 Å². The Morgan fingerprint density at radius 3 is 1.29 bits per heavy atom. The molecule has 0 radical (unpaired) electrons. The number of carbonyl (C=O) groups is 3. The molecule has 0 aliphatic heterocycles. The van der Waals surface area contributed by atoms with Gasteiger partial charge in [-0.25, -0.2) is 14.4 Å². The summed E-state index contributed by atoms with van der Waals surface area (Å²) in [6.07, 6.45) is -3.38. The molecule has 0 saturated heterocycles. The number of carboxylic acid groups (broad SMARTS) is 2. The summed E-state index contributed by atoms with van der Waals surface area (Å²) in [5.41, 5.74) is 0.541. The van der Waals surface area contributed by atoms with Crippen LogP contribution in [0.3, 0.4) is 0 Å². The largest absolute Gasteiger partial charge is 0.478 e. The van der Waals surface area contributed by atoms with E-state index in [9.17, 15) is 14.4 Å². The van der Waals surface area contributed by atoms with Gasteiger partial charge in [0.15, 0.2) is 6.29 Å². The zero-order chi connectivity index (χ0) is 20.0. The highest BCUT2D eigenvalue weighted by molar-refractivity contribution is 5.87. The SMILES string of the molecule is C=C(C)C(=O)O.C=C(C)C(=O)O.C=C(C)C(=O)OCC(O)C(O)O. The molecule has 1 unspecified atom stereocenters. The monoisotopic (exact) mass is 348 g/mol. The lowest BCUT2D eigenvalue weighted by Gasteiger charge is -2.12. The quantitative estimate of drug-likeness (QED) is 0.254. The second-order valence-electron chi connectivity index (χ2n) is 4.53. The summed E-state index contributed by atoms with van der Waals surface area (Å²) < 4.78 is 4.42. The Balaban J connectivity index is -0.000000309. The van der Waals surface area contributed by atoms with Crippen LogP contribution >= 0.6 is 0 Å². The molecule has 0 aliphatic carbocycles. The average Bonchev–Trinajstić information content (AvgIpc) is 2.44. The summed E-state index contributed by atoms with van der Waals surface area (Å²) in [5.74, 6) is -2.54. The fourth-order valence-corrected chi connectivity index (χ4v) is 0.370. The minimum atomic E-state index is -1.90. The molecule has 0 aromatic heterocycles. The van der Waals surface area contributed by atoms with Crippen LogP contribution in [0.2, 0.25) is 0 Å². The Kier molecular flexibility index (Phi) is 15.5. The molecule has 5 N–H and O–H groups in total. The molecule has 1 atom stereocenters. The molecule has 0 fully saturated rings. The van der Waals surface area contributed by atoms with Crippen molar-refractivity contribution in [2.75, 3.05) is 6.61 Å². The van der Waals surface area contributed by atoms with E-state index in [1.807, 2.05) is 0 Å². The van der Waals surface area contributed by atoms with Crippen molar-refractivity contribution in [2.45, 2.75) is 33.2 Å². The van der Waals surface area contributed by atoms with Crippen LogP contribution in [0.1, 0.15) is 20.8 Å². The molecule has 24 heavy (non-hydrogen) atoms. The molecular weight excluding hydrogens is 324 g/mol. The molecule has 0 bridgehead atoms. The molecule has 0 amide bonds. The number of hydrogen-bond acceptors (Lipinski definition) is 7. The molecule has 0 saturated carbocycles. The zero-order valence-electron chi connectivity index (χ0n) is 13.9. The molecule has 0 rings (SSSR count). The van der Waals surface area contributed by atoms with E-state index in [0.29, 0.717) is 0 Å². The van der Waals surface area contributed by atoms with Crippen LogP contribution in [0.5, 0.6) is 0 Å². The highest BCUT2D eigenvalue weighted by Gasteiger charge is 2.15. The Hall–Kier alpha value is -2.49. The van der Waals surface area contributed by atoms with Crippen molar-refractivity contribution >= 4 is 17.9 Å². The maximum absolute atomic E-state index is 10.7. The highest BCUT2D eigenvalue weighted by Crippen LogP contribution is 1.95. The minimum absolute atomic E-state index is 0.176. The summed E-state index contributed by atoms with van der Waals surface area (Å²) in [6, 6.07) is 0. The number of hydrogen-bond donors (Lipinski definition) is 5. The number of aliphatic carboxylic acids is 2. The van der Waals surface area contributed by atoms with Crippen molar-refractivity contribution in [2.24, 2.45) is 0 Å². The summed E-state index contributed by atoms with van der Waals surface area (Å²) in [6.45, 7) is 13.5. The van der Waals surface area contributed by atoms with Gasteiger partial charge in [0.25, 0.3) is 0 Å². The van der Waals surface area contributed by atoms with Crippen LogP contribution < -0.4 is 0 Å². The van der Waals surface area contributed by atoms with Crippen molar-refractivity contribution in [1.82, 2.24) is 0 Å². The molecule has 0 aromatic rings. The standard InChI is InChI=1S/C7H12O5.2C4H6O2/c1-4(2)7(11)12-3-5(8)6(9)10;2*1-3(2)4(5)6/h5-6,8-10H,1,3H2,2H3;2*1H2,2H3,(H,5,6). The van der Waals surface area contributed by atoms with E-state index in [1.54, 1.807) is 0 Å². The van der Waals surface area contributed by atoms with Crippen molar-refractivity contribution in [1.29, 1.82) is 0 Å². The Labute approximate surface area is 139 Å². The van der Waals surface area contributed by atoms with Crippen LogP contribution in [0.4, 0.5) is 0 Å². The predicted molar refractivity (Wildman–Crippen MR) is 84.9 cm³/mol. The molecule has 0 heterocycles. The number of carboxylic acids is 2. The maximum Gasteiger partial charge on any atom is 0.333 e. The fourth-order valence-electron chi connectivity index (χ4n) is 0.370. The number of aliphatic hydroxyl groups excluding tert-OH is 2. The lowest BCUT2D eigenvalue weighted by molar-refractivity contribution is -0.159. The summed E-state index contributed by atoms with van der Waals surface area (Å²) in [4.78, 5) is 29.9. The number of rotatable bonds is 6. The van der Waals surface area contributed by atoms with Gasteiger partial charge >= 0.3 is 17.9 Å². The van der Waals surface area contributed by atoms with Gasteiger partial charge in [0.05, 0.1) is 0 Å². The zero-order valence-corrected chi connectivity index (χ0v) is 13.9. The summed E-state index contributed by atoms with van der Waals surface area (Å²) >= 11 is 0. The Bertz CT molecular complexity index is 429. The van der Waals surface area contributed by atoms with E-state index in [2.05, 4.69) is 24.5 Å². The van der Waals surface area contributed by atoms with Crippen molar-refractivity contribution < 1.29 is 44.7 Å². The first-order valence-corrected chi connectivity index (χ1v) is 6.38. The lowest BCUT2D eigenvalue weighted by Crippen LogP contribution is -2.31. The van der Waals surface area contributed by atoms with Gasteiger partial charge in [0.1, 0.15) is 12.7 Å². The number of ether oxygens (including phenoxy) is 1. The molecule has 9 heteroatoms. The smallest absolute Gasteiger partial charge is 0.333 e. The van der Waals surface area contributed by atoms with E-state index in [1.165, 1.54) is 20.8 Å². The van der Waals surface area contributed by atoms with Crippen molar-refractivity contribution in [3.63, 3.8) is 0 Å². The van der Waals surface area contributed by atoms with Crippen molar-refractivity contribution in [3.05, 3.63) is 36.5 Å². The van der Waals surface area contributed by atoms with Gasteiger partial charge in [0, 0.05) is 16.7 Å². The maximum atomic E-state index is 10.7. The third-order valence-electron chi connectivity index (χ3n) is 1.81. The van der Waals surface area contributed by atoms with E-state index in [4.69, 9.17) is 25.5 Å². The topological polar surface area (TPSA) is 162 Å². The van der Waals surface area contributed by atoms with Gasteiger partial charge in [0.2, 0.25) is 0 Å². The Morgan fingerprint density at radius 2 is 1.12 bits per heavy atom. The number of aliphatic hydroxyl groups is 3. The second-order valence-corrected chi connectivity index (χ2v) is 4.53. The number of carbonyl (C=O) groups excluding carboxylic acids is 1. The Morgan fingerprint density at radius 1 is 0.833 bits per heavy atom. The third kappa shape index (κ3) is 19.5. The first kappa shape index (κ1) is 26.4. The molecule has 138 valence electrons. The van der Waals surface area contributed by atoms with E-state index in [0.717, 1.165) is 0 Å². The van der Waals surface area contributed by atoms with Crippen LogP contribution in [0.25, 0.3) is 0 Å². The molecule has 0 spiro atoms. The summed E-state index contributed by atoms with van der Waals surface area (Å²) in [7, 11) is 0. The average molecular weight is 348 g/mol. The minimum Gasteiger partial charge on any atom is -0.478 e. The van der Waals surface area contributed by atoms with Gasteiger partial charge in [-0.2, -0.15) is 0 Å². The van der Waals surface area contributed by atoms with Crippen molar-refractivity contribution in [3.8, 4) is 0 Å². The number of esters is 1. The van der Waals surface area contributed by atoms with Crippen LogP contribution in [-0.2, 0) is 19.1 Å². The van der Waals surface area contributed by atoms with E-state index >= 15 is 0 Å². The summed E-state index contributed by atoms with van der Waals surface area (Å²) in [5, 5.41) is 41.3. The first-order valence-electron chi connectivity index (χ1n) is 6.38. The third-order valence-corrected chi connectivity index (χ3v) is 1.81. The van der Waals surface area contributed by atoms with Gasteiger partial charge < -0.3 is 30.3 Å². The van der Waals surface area contributed by atoms with Crippen LogP contribution in [-0.4, -0.2) is 62.4 Å². The fraction of sp³-hybridized carbons (Fsp3) is 0.400. The molecule has 0 aliphatic rings. The van der Waals surface area contributed by atoms with Gasteiger partial charge in [-0.15, -0.1) is 0 Å². The molecular formula is C15H24O9. The predicted octanol–water partition coefficient (Wildman–Crippen LogP) is 0.0715. The van der Waals surface area contributed by atoms with Crippen LogP contribution in [0, 0.1) is 0 Å².